The Hall–Kier alpha value is -2.07. The maximum atomic E-state index is 5.36. The van der Waals surface area contributed by atoms with Crippen LogP contribution in [0.15, 0.2) is 42.7 Å². The van der Waals surface area contributed by atoms with Crippen LogP contribution >= 0.6 is 0 Å². The predicted octanol–water partition coefficient (Wildman–Crippen LogP) is 3.16. The number of aromatic nitrogens is 1. The predicted molar refractivity (Wildman–Crippen MR) is 84.0 cm³/mol. The van der Waals surface area contributed by atoms with E-state index in [1.165, 1.54) is 5.56 Å². The van der Waals surface area contributed by atoms with Crippen LogP contribution in [0.2, 0.25) is 0 Å². The number of hydrogen-bond acceptors (Lipinski definition) is 4. The fraction of sp³-hybridized carbons (Fsp3) is 0.353. The summed E-state index contributed by atoms with van der Waals surface area (Å²) in [6, 6.07) is 10.2. The van der Waals surface area contributed by atoms with Crippen molar-refractivity contribution >= 4 is 0 Å². The highest BCUT2D eigenvalue weighted by Crippen LogP contribution is 2.34. The van der Waals surface area contributed by atoms with Gasteiger partial charge in [0.05, 0.1) is 14.2 Å². The van der Waals surface area contributed by atoms with Crippen LogP contribution in [0, 0.1) is 0 Å². The van der Waals surface area contributed by atoms with E-state index in [1.807, 2.05) is 49.8 Å². The van der Waals surface area contributed by atoms with Gasteiger partial charge in [-0.1, -0.05) is 6.92 Å². The van der Waals surface area contributed by atoms with Gasteiger partial charge in [0.25, 0.3) is 0 Å². The maximum Gasteiger partial charge on any atom is 0.122 e. The van der Waals surface area contributed by atoms with Gasteiger partial charge in [-0.25, -0.2) is 0 Å². The summed E-state index contributed by atoms with van der Waals surface area (Å²) in [5.41, 5.74) is 2.38. The van der Waals surface area contributed by atoms with E-state index in [0.29, 0.717) is 5.92 Å². The number of methoxy groups -OCH3 is 2. The highest BCUT2D eigenvalue weighted by atomic mass is 16.5. The molecule has 2 aromatic rings. The number of nitrogens with zero attached hydrogens (tertiary/aromatic N) is 1. The molecule has 0 spiro atoms. The van der Waals surface area contributed by atoms with E-state index in [2.05, 4.69) is 17.2 Å². The van der Waals surface area contributed by atoms with Crippen molar-refractivity contribution in [2.24, 2.45) is 0 Å². The number of hydrogen-bond donors (Lipinski definition) is 1. The Morgan fingerprint density at radius 1 is 0.952 bits per heavy atom. The molecule has 1 N–H and O–H groups in total. The van der Waals surface area contributed by atoms with Crippen molar-refractivity contribution in [1.29, 1.82) is 0 Å². The van der Waals surface area contributed by atoms with Gasteiger partial charge in [-0.05, 0) is 42.4 Å². The lowest BCUT2D eigenvalue weighted by Crippen LogP contribution is -2.22. The van der Waals surface area contributed by atoms with Crippen molar-refractivity contribution in [2.45, 2.75) is 18.9 Å². The second-order valence-electron chi connectivity index (χ2n) is 4.98. The molecule has 1 aromatic heterocycles. The number of benzene rings is 1. The highest BCUT2D eigenvalue weighted by molar-refractivity contribution is 5.41. The maximum absolute atomic E-state index is 5.36. The molecule has 112 valence electrons. The topological polar surface area (TPSA) is 43.4 Å². The van der Waals surface area contributed by atoms with Gasteiger partial charge in [0.15, 0.2) is 0 Å². The van der Waals surface area contributed by atoms with Crippen LogP contribution in [0.4, 0.5) is 0 Å². The Morgan fingerprint density at radius 3 is 2.00 bits per heavy atom. The minimum Gasteiger partial charge on any atom is -0.497 e. The van der Waals surface area contributed by atoms with Crippen LogP contribution in [0.3, 0.4) is 0 Å². The van der Waals surface area contributed by atoms with Gasteiger partial charge in [-0.2, -0.15) is 0 Å². The standard InChI is InChI=1S/C17H22N2O2/c1-12(13-5-7-19-8-6-13)17(18-2)14-9-15(20-3)11-16(10-14)21-4/h5-12,17-18H,1-4H3. The minimum atomic E-state index is 0.163. The molecule has 0 bridgehead atoms. The first-order chi connectivity index (χ1) is 10.2. The first-order valence-corrected chi connectivity index (χ1v) is 6.99. The van der Waals surface area contributed by atoms with E-state index < -0.39 is 0 Å². The van der Waals surface area contributed by atoms with Gasteiger partial charge in [0.2, 0.25) is 0 Å². The lowest BCUT2D eigenvalue weighted by atomic mass is 9.89. The monoisotopic (exact) mass is 286 g/mol. The van der Waals surface area contributed by atoms with Gasteiger partial charge in [-0.15, -0.1) is 0 Å². The lowest BCUT2D eigenvalue weighted by Gasteiger charge is -2.25. The lowest BCUT2D eigenvalue weighted by molar-refractivity contribution is 0.390. The molecule has 0 aliphatic carbocycles. The molecular weight excluding hydrogens is 264 g/mol. The fourth-order valence-electron chi connectivity index (χ4n) is 2.57. The molecule has 0 saturated heterocycles. The smallest absolute Gasteiger partial charge is 0.122 e. The molecule has 0 radical (unpaired) electrons. The zero-order chi connectivity index (χ0) is 15.2. The van der Waals surface area contributed by atoms with Crippen molar-refractivity contribution in [3.05, 3.63) is 53.9 Å². The minimum absolute atomic E-state index is 0.163. The van der Waals surface area contributed by atoms with Crippen molar-refractivity contribution < 1.29 is 9.47 Å². The number of nitrogens with one attached hydrogen (secondary N) is 1. The van der Waals surface area contributed by atoms with Crippen LogP contribution in [0.1, 0.15) is 30.0 Å². The Kier molecular flexibility index (Phi) is 5.17. The molecule has 0 fully saturated rings. The molecule has 21 heavy (non-hydrogen) atoms. The quantitative estimate of drug-likeness (QED) is 0.886. The molecule has 0 aliphatic heterocycles. The summed E-state index contributed by atoms with van der Waals surface area (Å²) in [7, 11) is 5.30. The molecular formula is C17H22N2O2. The SMILES string of the molecule is CNC(c1cc(OC)cc(OC)c1)C(C)c1ccncc1. The van der Waals surface area contributed by atoms with Crippen molar-refractivity contribution in [3.8, 4) is 11.5 Å². The second kappa shape index (κ2) is 7.09. The fourth-order valence-corrected chi connectivity index (χ4v) is 2.57. The summed E-state index contributed by atoms with van der Waals surface area (Å²) in [6.07, 6.45) is 3.65. The highest BCUT2D eigenvalue weighted by Gasteiger charge is 2.20. The number of likely N-dealkylation sites (N-methyl/N-ethyl adjacent to an activating group) is 1. The van der Waals surface area contributed by atoms with Gasteiger partial charge >= 0.3 is 0 Å². The molecule has 4 nitrogen and oxygen atoms in total. The third kappa shape index (κ3) is 3.52. The molecule has 2 rings (SSSR count). The summed E-state index contributed by atoms with van der Waals surface area (Å²) >= 11 is 0. The Labute approximate surface area is 126 Å². The average Bonchev–Trinajstić information content (AvgIpc) is 2.55. The summed E-state index contributed by atoms with van der Waals surface area (Å²) < 4.78 is 10.7. The Balaban J connectivity index is 2.36. The van der Waals surface area contributed by atoms with Crippen molar-refractivity contribution in [1.82, 2.24) is 10.3 Å². The van der Waals surface area contributed by atoms with E-state index in [1.54, 1.807) is 14.2 Å². The Morgan fingerprint density at radius 2 is 1.52 bits per heavy atom. The van der Waals surface area contributed by atoms with E-state index in [9.17, 15) is 0 Å². The van der Waals surface area contributed by atoms with Crippen LogP contribution in [-0.2, 0) is 0 Å². The van der Waals surface area contributed by atoms with Crippen LogP contribution < -0.4 is 14.8 Å². The first-order valence-electron chi connectivity index (χ1n) is 6.99. The van der Waals surface area contributed by atoms with Crippen LogP contribution in [0.25, 0.3) is 0 Å². The van der Waals surface area contributed by atoms with Gasteiger partial charge in [0, 0.05) is 30.4 Å². The zero-order valence-electron chi connectivity index (χ0n) is 13.0. The molecule has 1 heterocycles. The van der Waals surface area contributed by atoms with E-state index in [-0.39, 0.29) is 6.04 Å². The Bertz CT molecular complexity index is 550. The number of rotatable bonds is 6. The van der Waals surface area contributed by atoms with Crippen LogP contribution in [-0.4, -0.2) is 26.3 Å². The normalized spacial score (nSPS) is 13.5. The third-order valence-corrected chi connectivity index (χ3v) is 3.78. The average molecular weight is 286 g/mol. The van der Waals surface area contributed by atoms with Gasteiger partial charge < -0.3 is 14.8 Å². The molecule has 2 unspecified atom stereocenters. The molecule has 1 aromatic carbocycles. The number of pyridine rings is 1. The molecule has 4 heteroatoms. The number of ether oxygens (including phenoxy) is 2. The summed E-state index contributed by atoms with van der Waals surface area (Å²) in [5, 5.41) is 3.39. The molecule has 0 aliphatic rings. The third-order valence-electron chi connectivity index (χ3n) is 3.78. The van der Waals surface area contributed by atoms with Gasteiger partial charge in [0.1, 0.15) is 11.5 Å². The summed E-state index contributed by atoms with van der Waals surface area (Å²) in [4.78, 5) is 4.08. The second-order valence-corrected chi connectivity index (χ2v) is 4.98. The van der Waals surface area contributed by atoms with E-state index >= 15 is 0 Å². The van der Waals surface area contributed by atoms with Crippen molar-refractivity contribution in [2.75, 3.05) is 21.3 Å². The molecule has 0 amide bonds. The largest absolute Gasteiger partial charge is 0.497 e. The zero-order valence-corrected chi connectivity index (χ0v) is 13.0. The van der Waals surface area contributed by atoms with Crippen LogP contribution in [0.5, 0.6) is 11.5 Å². The summed E-state index contributed by atoms with van der Waals surface area (Å²) in [6.45, 7) is 2.20. The first kappa shape index (κ1) is 15.3. The molecule has 0 saturated carbocycles. The van der Waals surface area contributed by atoms with Gasteiger partial charge in [-0.3, -0.25) is 4.98 Å². The molecule has 2 atom stereocenters. The van der Waals surface area contributed by atoms with E-state index in [0.717, 1.165) is 17.1 Å². The van der Waals surface area contributed by atoms with Crippen molar-refractivity contribution in [3.63, 3.8) is 0 Å². The summed E-state index contributed by atoms with van der Waals surface area (Å²) in [5.74, 6) is 1.90. The van der Waals surface area contributed by atoms with E-state index in [4.69, 9.17) is 9.47 Å².